The van der Waals surface area contributed by atoms with Crippen LogP contribution in [-0.2, 0) is 25.6 Å². The summed E-state index contributed by atoms with van der Waals surface area (Å²) in [5, 5.41) is 16.0. The van der Waals surface area contributed by atoms with Crippen molar-refractivity contribution in [2.75, 3.05) is 6.54 Å². The Kier molecular flexibility index (Phi) is 8.50. The van der Waals surface area contributed by atoms with Gasteiger partial charge >= 0.3 is 5.97 Å². The number of likely N-dealkylation sites (tertiary alicyclic amines) is 1. The van der Waals surface area contributed by atoms with Gasteiger partial charge in [-0.25, -0.2) is 4.79 Å². The van der Waals surface area contributed by atoms with Crippen LogP contribution < -0.4 is 16.4 Å². The minimum atomic E-state index is -1.06. The molecule has 10 nitrogen and oxygen atoms in total. The summed E-state index contributed by atoms with van der Waals surface area (Å²) in [5.41, 5.74) is 7.39. The molecule has 3 rings (SSSR count). The Morgan fingerprint density at radius 2 is 1.80 bits per heavy atom. The van der Waals surface area contributed by atoms with E-state index in [0.29, 0.717) is 25.8 Å². The summed E-state index contributed by atoms with van der Waals surface area (Å²) in [7, 11) is 0. The average molecular weight is 486 g/mol. The molecule has 0 bridgehead atoms. The fourth-order valence-corrected chi connectivity index (χ4v) is 4.49. The summed E-state index contributed by atoms with van der Waals surface area (Å²) in [5.74, 6) is -2.38. The highest BCUT2D eigenvalue weighted by molar-refractivity contribution is 5.95. The van der Waals surface area contributed by atoms with Gasteiger partial charge < -0.3 is 31.4 Å². The zero-order valence-electron chi connectivity index (χ0n) is 20.4. The molecule has 10 heteroatoms. The summed E-state index contributed by atoms with van der Waals surface area (Å²) < 4.78 is 0. The van der Waals surface area contributed by atoms with E-state index >= 15 is 0 Å². The molecule has 2 aromatic rings. The predicted molar refractivity (Wildman–Crippen MR) is 131 cm³/mol. The molecular formula is C25H35N5O5. The van der Waals surface area contributed by atoms with Crippen molar-refractivity contribution in [1.82, 2.24) is 20.5 Å². The molecule has 4 unspecified atom stereocenters. The molecule has 0 saturated carbocycles. The first-order valence-corrected chi connectivity index (χ1v) is 12.0. The summed E-state index contributed by atoms with van der Waals surface area (Å²) in [4.78, 5) is 55.3. The van der Waals surface area contributed by atoms with Gasteiger partial charge in [-0.05, 0) is 43.7 Å². The summed E-state index contributed by atoms with van der Waals surface area (Å²) in [6.45, 7) is 5.69. The second-order valence-corrected chi connectivity index (χ2v) is 9.63. The number of para-hydroxylation sites is 1. The van der Waals surface area contributed by atoms with Crippen LogP contribution in [0, 0.1) is 5.92 Å². The number of aliphatic carboxylic acids is 1. The maximum absolute atomic E-state index is 13.6. The molecule has 1 aromatic heterocycles. The lowest BCUT2D eigenvalue weighted by Gasteiger charge is -2.29. The predicted octanol–water partition coefficient (Wildman–Crippen LogP) is 1.15. The monoisotopic (exact) mass is 485 g/mol. The number of fused-ring (bicyclic) bond motifs is 1. The summed E-state index contributed by atoms with van der Waals surface area (Å²) in [6, 6.07) is 4.03. The maximum atomic E-state index is 13.6. The fourth-order valence-electron chi connectivity index (χ4n) is 4.49. The smallest absolute Gasteiger partial charge is 0.326 e. The molecule has 1 saturated heterocycles. The molecule has 1 aliphatic rings. The van der Waals surface area contributed by atoms with Crippen LogP contribution in [0.25, 0.3) is 10.9 Å². The first-order valence-electron chi connectivity index (χ1n) is 12.0. The number of carbonyl (C=O) groups excluding carboxylic acids is 3. The summed E-state index contributed by atoms with van der Waals surface area (Å²) in [6.07, 6.45) is 3.28. The third-order valence-electron chi connectivity index (χ3n) is 6.29. The highest BCUT2D eigenvalue weighted by atomic mass is 16.4. The molecule has 6 N–H and O–H groups in total. The topological polar surface area (TPSA) is 158 Å². The number of carboxylic acid groups (broad SMARTS) is 1. The van der Waals surface area contributed by atoms with Crippen molar-refractivity contribution in [2.24, 2.45) is 11.7 Å². The Hall–Kier alpha value is -3.40. The second kappa shape index (κ2) is 11.4. The molecule has 2 heterocycles. The lowest BCUT2D eigenvalue weighted by molar-refractivity contribution is -0.149. The SMILES string of the molecule is CC(C)CC(NC(=O)C(C)N)C(=O)NC(Cc1c[nH]c2ccccc12)C(=O)N1CCCC1C(=O)O. The van der Waals surface area contributed by atoms with Crippen molar-refractivity contribution in [3.63, 3.8) is 0 Å². The van der Waals surface area contributed by atoms with Crippen molar-refractivity contribution in [1.29, 1.82) is 0 Å². The molecule has 190 valence electrons. The highest BCUT2D eigenvalue weighted by Gasteiger charge is 2.38. The quantitative estimate of drug-likeness (QED) is 0.340. The minimum absolute atomic E-state index is 0.0943. The van der Waals surface area contributed by atoms with Gasteiger partial charge in [0, 0.05) is 30.1 Å². The Morgan fingerprint density at radius 1 is 1.11 bits per heavy atom. The van der Waals surface area contributed by atoms with Crippen LogP contribution in [-0.4, -0.2) is 69.4 Å². The molecule has 4 atom stereocenters. The zero-order chi connectivity index (χ0) is 25.7. The van der Waals surface area contributed by atoms with Gasteiger partial charge in [0.15, 0.2) is 0 Å². The number of aromatic amines is 1. The Morgan fingerprint density at radius 3 is 2.46 bits per heavy atom. The van der Waals surface area contributed by atoms with Crippen molar-refractivity contribution in [3.8, 4) is 0 Å². The number of hydrogen-bond acceptors (Lipinski definition) is 5. The van der Waals surface area contributed by atoms with Gasteiger partial charge in [-0.2, -0.15) is 0 Å². The number of carbonyl (C=O) groups is 4. The molecular weight excluding hydrogens is 450 g/mol. The Labute approximate surface area is 204 Å². The number of hydrogen-bond donors (Lipinski definition) is 5. The number of carboxylic acids is 1. The lowest BCUT2D eigenvalue weighted by Crippen LogP contribution is -2.57. The fraction of sp³-hybridized carbons (Fsp3) is 0.520. The molecule has 0 radical (unpaired) electrons. The number of aromatic nitrogens is 1. The van der Waals surface area contributed by atoms with Crippen LogP contribution in [0.2, 0.25) is 0 Å². The van der Waals surface area contributed by atoms with E-state index in [0.717, 1.165) is 16.5 Å². The zero-order valence-corrected chi connectivity index (χ0v) is 20.4. The standard InChI is InChI=1S/C25H35N5O5/c1-14(2)11-19(28-22(31)15(3)26)23(32)29-20(24(33)30-10-6-9-21(30)25(34)35)12-16-13-27-18-8-5-4-7-17(16)18/h4-5,7-8,13-15,19-21,27H,6,9-12,26H2,1-3H3,(H,28,31)(H,29,32)(H,34,35). The van der Waals surface area contributed by atoms with E-state index in [1.165, 1.54) is 11.8 Å². The average Bonchev–Trinajstić information content (AvgIpc) is 3.45. The van der Waals surface area contributed by atoms with E-state index in [1.54, 1.807) is 6.20 Å². The van der Waals surface area contributed by atoms with Gasteiger partial charge in [0.05, 0.1) is 6.04 Å². The normalized spacial score (nSPS) is 18.3. The minimum Gasteiger partial charge on any atom is -0.480 e. The van der Waals surface area contributed by atoms with Crippen LogP contribution in [0.5, 0.6) is 0 Å². The van der Waals surface area contributed by atoms with Crippen molar-refractivity contribution >= 4 is 34.6 Å². The van der Waals surface area contributed by atoms with E-state index in [4.69, 9.17) is 5.73 Å². The van der Waals surface area contributed by atoms with Crippen LogP contribution in [0.1, 0.15) is 45.6 Å². The van der Waals surface area contributed by atoms with E-state index in [9.17, 15) is 24.3 Å². The number of amides is 3. The number of nitrogens with zero attached hydrogens (tertiary/aromatic N) is 1. The lowest BCUT2D eigenvalue weighted by atomic mass is 10.00. The molecule has 0 aliphatic carbocycles. The molecule has 0 spiro atoms. The summed E-state index contributed by atoms with van der Waals surface area (Å²) >= 11 is 0. The first-order chi connectivity index (χ1) is 16.6. The maximum Gasteiger partial charge on any atom is 0.326 e. The van der Waals surface area contributed by atoms with Gasteiger partial charge in [-0.15, -0.1) is 0 Å². The largest absolute Gasteiger partial charge is 0.480 e. The Bertz CT molecular complexity index is 1080. The molecule has 3 amide bonds. The molecule has 35 heavy (non-hydrogen) atoms. The molecule has 1 aromatic carbocycles. The highest BCUT2D eigenvalue weighted by Crippen LogP contribution is 2.23. The molecule has 1 aliphatic heterocycles. The number of nitrogens with one attached hydrogen (secondary N) is 3. The van der Waals surface area contributed by atoms with Gasteiger partial charge in [-0.3, -0.25) is 14.4 Å². The van der Waals surface area contributed by atoms with Crippen LogP contribution in [0.15, 0.2) is 30.5 Å². The Balaban J connectivity index is 1.89. The van der Waals surface area contributed by atoms with E-state index in [-0.39, 0.29) is 12.3 Å². The molecule has 1 fully saturated rings. The van der Waals surface area contributed by atoms with Crippen LogP contribution in [0.4, 0.5) is 0 Å². The van der Waals surface area contributed by atoms with Crippen molar-refractivity contribution in [3.05, 3.63) is 36.0 Å². The first kappa shape index (κ1) is 26.2. The van der Waals surface area contributed by atoms with Gasteiger partial charge in [0.1, 0.15) is 18.1 Å². The van der Waals surface area contributed by atoms with E-state index in [1.807, 2.05) is 38.1 Å². The van der Waals surface area contributed by atoms with Crippen molar-refractivity contribution in [2.45, 2.75) is 70.6 Å². The number of nitrogens with two attached hydrogens (primary N) is 1. The third kappa shape index (κ3) is 6.39. The third-order valence-corrected chi connectivity index (χ3v) is 6.29. The number of H-pyrrole nitrogens is 1. The van der Waals surface area contributed by atoms with Crippen LogP contribution in [0.3, 0.4) is 0 Å². The van der Waals surface area contributed by atoms with Gasteiger partial charge in [0.2, 0.25) is 17.7 Å². The van der Waals surface area contributed by atoms with Gasteiger partial charge in [0.25, 0.3) is 0 Å². The number of benzene rings is 1. The number of rotatable bonds is 10. The second-order valence-electron chi connectivity index (χ2n) is 9.63. The van der Waals surface area contributed by atoms with E-state index < -0.39 is 47.9 Å². The van der Waals surface area contributed by atoms with E-state index in [2.05, 4.69) is 15.6 Å². The van der Waals surface area contributed by atoms with Gasteiger partial charge in [-0.1, -0.05) is 32.0 Å². The van der Waals surface area contributed by atoms with Crippen LogP contribution >= 0.6 is 0 Å². The van der Waals surface area contributed by atoms with Crippen molar-refractivity contribution < 1.29 is 24.3 Å².